The molecule has 10 aromatic rings. The average molecular weight is 837 g/mol. The molecule has 3 fully saturated rings. The number of fused-ring (bicyclic) bond motifs is 6. The number of hydrogen-bond acceptors (Lipinski definition) is 1. The summed E-state index contributed by atoms with van der Waals surface area (Å²) < 4.78 is 2.43. The molecule has 1 aromatic heterocycles. The first-order valence-electron chi connectivity index (χ1n) is 23.8. The first kappa shape index (κ1) is 38.3. The van der Waals surface area contributed by atoms with E-state index in [1.807, 2.05) is 0 Å². The molecule has 0 radical (unpaired) electrons. The molecule has 0 amide bonds. The lowest BCUT2D eigenvalue weighted by atomic mass is 9.49. The predicted octanol–water partition coefficient (Wildman–Crippen LogP) is 17.1. The molecule has 13 rings (SSSR count). The third-order valence-corrected chi connectivity index (χ3v) is 15.9. The average Bonchev–Trinajstić information content (AvgIpc) is 3.85. The van der Waals surface area contributed by atoms with Crippen LogP contribution >= 0.6 is 0 Å². The zero-order valence-electron chi connectivity index (χ0n) is 36.9. The molecule has 65 heavy (non-hydrogen) atoms. The highest BCUT2D eigenvalue weighted by atomic mass is 15.1. The van der Waals surface area contributed by atoms with Crippen LogP contribution in [-0.2, 0) is 5.41 Å². The second kappa shape index (κ2) is 15.2. The van der Waals surface area contributed by atoms with Crippen molar-refractivity contribution in [2.75, 3.05) is 4.90 Å². The van der Waals surface area contributed by atoms with Crippen molar-refractivity contribution < 1.29 is 0 Å². The van der Waals surface area contributed by atoms with Crippen molar-refractivity contribution in [2.24, 2.45) is 23.7 Å². The zero-order valence-corrected chi connectivity index (χ0v) is 36.9. The Kier molecular flexibility index (Phi) is 8.98. The summed E-state index contributed by atoms with van der Waals surface area (Å²) >= 11 is 0. The Morgan fingerprint density at radius 2 is 1.02 bits per heavy atom. The smallest absolute Gasteiger partial charge is 0.0547 e. The third-order valence-electron chi connectivity index (χ3n) is 15.9. The van der Waals surface area contributed by atoms with Crippen LogP contribution in [0.1, 0.15) is 44.6 Å². The molecule has 0 N–H and O–H groups in total. The van der Waals surface area contributed by atoms with E-state index in [4.69, 9.17) is 0 Å². The van der Waals surface area contributed by atoms with Gasteiger partial charge in [0.2, 0.25) is 0 Å². The number of aromatic nitrogens is 1. The van der Waals surface area contributed by atoms with Gasteiger partial charge in [-0.3, -0.25) is 0 Å². The van der Waals surface area contributed by atoms with Crippen molar-refractivity contribution in [3.8, 4) is 39.1 Å². The fraction of sp³-hybridized carbons (Fsp3) is 0.175. The summed E-state index contributed by atoms with van der Waals surface area (Å²) in [4.78, 5) is 2.39. The molecule has 3 aliphatic rings. The number of benzene rings is 9. The maximum absolute atomic E-state index is 2.51. The van der Waals surface area contributed by atoms with E-state index in [-0.39, 0.29) is 0 Å². The molecule has 1 heterocycles. The largest absolute Gasteiger partial charge is 0.311 e. The van der Waals surface area contributed by atoms with Crippen molar-refractivity contribution in [1.82, 2.24) is 4.57 Å². The zero-order chi connectivity index (χ0) is 43.1. The van der Waals surface area contributed by atoms with E-state index < -0.39 is 0 Å². The Morgan fingerprint density at radius 3 is 1.71 bits per heavy atom. The standard InChI is InChI=1S/C63H52N2/c1-42-36-43-37-51-41-63(40-42,59(51)38-43)52-27-18-45(19-28-52)47-22-31-54(32-23-47)64(53-29-20-46(21-30-53)44-10-3-2-4-11-44)55-33-24-48(25-34-55)50-13-9-14-56(39-50)65-60-17-8-7-16-58(60)62-57-15-6-5-12-49(57)26-35-61(62)65/h2-35,39,42-43,51,59H,36-38,40-41H2,1H3/t42-,43?,51-,59-,63?/m0/s1. The molecule has 0 saturated heterocycles. The predicted molar refractivity (Wildman–Crippen MR) is 274 cm³/mol. The normalized spacial score (nSPS) is 21.1. The van der Waals surface area contributed by atoms with Crippen molar-refractivity contribution in [2.45, 2.75) is 44.4 Å². The molecule has 2 bridgehead atoms. The molecule has 0 spiro atoms. The monoisotopic (exact) mass is 836 g/mol. The van der Waals surface area contributed by atoms with Crippen LogP contribution in [-0.4, -0.2) is 4.57 Å². The van der Waals surface area contributed by atoms with Crippen molar-refractivity contribution in [3.05, 3.63) is 218 Å². The van der Waals surface area contributed by atoms with E-state index in [9.17, 15) is 0 Å². The lowest BCUT2D eigenvalue weighted by Crippen LogP contribution is -2.49. The minimum Gasteiger partial charge on any atom is -0.311 e. The molecule has 2 unspecified atom stereocenters. The molecule has 0 aliphatic heterocycles. The van der Waals surface area contributed by atoms with Gasteiger partial charge in [-0.25, -0.2) is 0 Å². The number of anilines is 3. The fourth-order valence-electron chi connectivity index (χ4n) is 13.1. The lowest BCUT2D eigenvalue weighted by molar-refractivity contribution is 0.0346. The van der Waals surface area contributed by atoms with Crippen LogP contribution in [0.3, 0.4) is 0 Å². The van der Waals surface area contributed by atoms with E-state index in [1.54, 1.807) is 5.56 Å². The SMILES string of the molecule is C[C@H]1CC2C[C@H]3CC(c4ccc(-c5ccc(N(c6ccc(-c7ccccc7)cc6)c6ccc(-c7cccc(-n8c9ccccc9c9c%10ccccc%10ccc98)c7)cc6)cc5)cc4)(C1)[C@H]3C2. The van der Waals surface area contributed by atoms with Gasteiger partial charge in [-0.05, 0) is 172 Å². The summed E-state index contributed by atoms with van der Waals surface area (Å²) in [6.45, 7) is 2.51. The van der Waals surface area contributed by atoms with Crippen LogP contribution < -0.4 is 4.90 Å². The summed E-state index contributed by atoms with van der Waals surface area (Å²) in [5.74, 6) is 3.68. The van der Waals surface area contributed by atoms with Crippen molar-refractivity contribution in [1.29, 1.82) is 0 Å². The van der Waals surface area contributed by atoms with Gasteiger partial charge in [0.15, 0.2) is 0 Å². The Labute approximate surface area is 382 Å². The minimum atomic E-state index is 0.411. The van der Waals surface area contributed by atoms with Crippen LogP contribution in [0.15, 0.2) is 212 Å². The molecular formula is C63H52N2. The Hall–Kier alpha value is -7.16. The van der Waals surface area contributed by atoms with Gasteiger partial charge in [-0.2, -0.15) is 0 Å². The Balaban J connectivity index is 0.833. The van der Waals surface area contributed by atoms with Gasteiger partial charge in [0, 0.05) is 33.5 Å². The van der Waals surface area contributed by atoms with E-state index in [0.29, 0.717) is 5.41 Å². The maximum atomic E-state index is 2.51. The van der Waals surface area contributed by atoms with E-state index in [1.165, 1.54) is 98.1 Å². The summed E-state index contributed by atoms with van der Waals surface area (Å²) in [6, 6.07) is 78.8. The Bertz CT molecular complexity index is 3360. The molecule has 2 nitrogen and oxygen atoms in total. The molecule has 3 saturated carbocycles. The van der Waals surface area contributed by atoms with Crippen LogP contribution in [0.4, 0.5) is 17.1 Å². The van der Waals surface area contributed by atoms with Gasteiger partial charge in [0.25, 0.3) is 0 Å². The minimum absolute atomic E-state index is 0.411. The van der Waals surface area contributed by atoms with Gasteiger partial charge in [-0.15, -0.1) is 0 Å². The van der Waals surface area contributed by atoms with Gasteiger partial charge in [-0.1, -0.05) is 159 Å². The topological polar surface area (TPSA) is 8.17 Å². The maximum Gasteiger partial charge on any atom is 0.0547 e. The van der Waals surface area contributed by atoms with Gasteiger partial charge in [0.05, 0.1) is 11.0 Å². The number of rotatable bonds is 8. The van der Waals surface area contributed by atoms with E-state index in [0.717, 1.165) is 46.4 Å². The highest BCUT2D eigenvalue weighted by molar-refractivity contribution is 6.21. The van der Waals surface area contributed by atoms with Crippen molar-refractivity contribution >= 4 is 49.6 Å². The molecule has 9 aromatic carbocycles. The first-order valence-corrected chi connectivity index (χ1v) is 23.8. The third kappa shape index (κ3) is 6.37. The van der Waals surface area contributed by atoms with Crippen LogP contribution in [0.5, 0.6) is 0 Å². The highest BCUT2D eigenvalue weighted by Gasteiger charge is 2.60. The summed E-state index contributed by atoms with van der Waals surface area (Å²) in [5.41, 5.74) is 16.3. The first-order chi connectivity index (χ1) is 32.1. The van der Waals surface area contributed by atoms with Crippen LogP contribution in [0, 0.1) is 23.7 Å². The quantitative estimate of drug-likeness (QED) is 0.148. The van der Waals surface area contributed by atoms with Crippen LogP contribution in [0.25, 0.3) is 71.6 Å². The van der Waals surface area contributed by atoms with Crippen LogP contribution in [0.2, 0.25) is 0 Å². The number of hydrogen-bond donors (Lipinski definition) is 0. The van der Waals surface area contributed by atoms with E-state index >= 15 is 0 Å². The molecule has 314 valence electrons. The summed E-state index contributed by atoms with van der Waals surface area (Å²) in [6.07, 6.45) is 7.16. The highest BCUT2D eigenvalue weighted by Crippen LogP contribution is 2.67. The second-order valence-electron chi connectivity index (χ2n) is 19.6. The molecule has 3 aliphatic carbocycles. The number of para-hydroxylation sites is 1. The molecule has 5 atom stereocenters. The van der Waals surface area contributed by atoms with Gasteiger partial charge >= 0.3 is 0 Å². The second-order valence-corrected chi connectivity index (χ2v) is 19.6. The lowest BCUT2D eigenvalue weighted by Gasteiger charge is -2.54. The fourth-order valence-corrected chi connectivity index (χ4v) is 13.1. The number of nitrogens with zero attached hydrogens (tertiary/aromatic N) is 2. The summed E-state index contributed by atoms with van der Waals surface area (Å²) in [7, 11) is 0. The van der Waals surface area contributed by atoms with Gasteiger partial charge in [0.1, 0.15) is 0 Å². The molecule has 2 heteroatoms. The Morgan fingerprint density at radius 1 is 0.446 bits per heavy atom. The van der Waals surface area contributed by atoms with E-state index in [2.05, 4.69) is 229 Å². The van der Waals surface area contributed by atoms with Gasteiger partial charge < -0.3 is 9.47 Å². The molecular weight excluding hydrogens is 785 g/mol. The summed E-state index contributed by atoms with van der Waals surface area (Å²) in [5, 5.41) is 5.13. The van der Waals surface area contributed by atoms with Crippen molar-refractivity contribution in [3.63, 3.8) is 0 Å².